The van der Waals surface area contributed by atoms with Crippen molar-refractivity contribution >= 4 is 89.6 Å². The zero-order valence-corrected chi connectivity index (χ0v) is 40.1. The Hall–Kier alpha value is -1.50. The lowest BCUT2D eigenvalue weighted by Crippen LogP contribution is -2.06. The van der Waals surface area contributed by atoms with Crippen molar-refractivity contribution < 1.29 is 8.42 Å². The maximum Gasteiger partial charge on any atom is 0.179 e. The number of thioether (sulfide) groups is 1. The topological polar surface area (TPSA) is 34.1 Å². The number of thiophene rings is 6. The molecule has 6 rings (SSSR count). The van der Waals surface area contributed by atoms with Gasteiger partial charge in [0, 0.05) is 53.7 Å². The van der Waals surface area contributed by atoms with Crippen LogP contribution < -0.4 is 0 Å². The molecule has 0 aromatic carbocycles. The van der Waals surface area contributed by atoms with E-state index in [2.05, 4.69) is 82.3 Å². The van der Waals surface area contributed by atoms with Crippen molar-refractivity contribution in [3.05, 3.63) is 70.4 Å². The first kappa shape index (κ1) is 44.1. The van der Waals surface area contributed by atoms with Crippen LogP contribution in [0.2, 0.25) is 0 Å². The minimum absolute atomic E-state index is 0.210. The summed E-state index contributed by atoms with van der Waals surface area (Å²) in [4.78, 5) is 16.3. The van der Waals surface area contributed by atoms with Crippen LogP contribution in [0.15, 0.2) is 70.5 Å². The SMILES string of the molecule is CCCCCCCCCCSc1cc(-c2sc(-c3ccc(-c4ccc(C)s4)s3)cc2S(=O)(=O)CCCCCCCCCC)sc1-c1ccc(-c2ccc(C)s2)s1. The Morgan fingerprint density at radius 1 is 0.446 bits per heavy atom. The van der Waals surface area contributed by atoms with E-state index in [1.54, 1.807) is 34.0 Å². The largest absolute Gasteiger partial charge is 0.224 e. The first-order valence-electron chi connectivity index (χ1n) is 20.7. The van der Waals surface area contributed by atoms with Crippen LogP contribution in [-0.2, 0) is 9.84 Å². The van der Waals surface area contributed by atoms with E-state index in [9.17, 15) is 8.42 Å². The van der Waals surface area contributed by atoms with Crippen LogP contribution in [0.1, 0.15) is 126 Å². The highest BCUT2D eigenvalue weighted by molar-refractivity contribution is 7.99. The van der Waals surface area contributed by atoms with Gasteiger partial charge in [-0.1, -0.05) is 104 Å². The fourth-order valence-electron chi connectivity index (χ4n) is 6.95. The number of hydrogen-bond donors (Lipinski definition) is 0. The summed E-state index contributed by atoms with van der Waals surface area (Å²) in [5.41, 5.74) is 0. The van der Waals surface area contributed by atoms with E-state index in [0.29, 0.717) is 4.90 Å². The molecule has 0 atom stereocenters. The van der Waals surface area contributed by atoms with Gasteiger partial charge < -0.3 is 0 Å². The van der Waals surface area contributed by atoms with Gasteiger partial charge in [0.1, 0.15) is 0 Å². The molecule has 0 fully saturated rings. The monoisotopic (exact) mass is 898 g/mol. The van der Waals surface area contributed by atoms with Crippen molar-refractivity contribution in [1.29, 1.82) is 0 Å². The maximum absolute atomic E-state index is 14.4. The molecule has 302 valence electrons. The summed E-state index contributed by atoms with van der Waals surface area (Å²) in [5.74, 6) is 1.29. The second-order valence-electron chi connectivity index (χ2n) is 14.9. The maximum atomic E-state index is 14.4. The molecule has 56 heavy (non-hydrogen) atoms. The van der Waals surface area contributed by atoms with Crippen LogP contribution in [0.5, 0.6) is 0 Å². The van der Waals surface area contributed by atoms with Crippen molar-refractivity contribution in [3.63, 3.8) is 0 Å². The van der Waals surface area contributed by atoms with Crippen LogP contribution in [-0.4, -0.2) is 19.9 Å². The molecule has 2 nitrogen and oxygen atoms in total. The average Bonchev–Trinajstić information content (AvgIpc) is 4.03. The summed E-state index contributed by atoms with van der Waals surface area (Å²) in [5, 5.41) is 0. The van der Waals surface area contributed by atoms with E-state index >= 15 is 0 Å². The Morgan fingerprint density at radius 3 is 1.45 bits per heavy atom. The van der Waals surface area contributed by atoms with Gasteiger partial charge >= 0.3 is 0 Å². The summed E-state index contributed by atoms with van der Waals surface area (Å²) < 4.78 is 28.7. The van der Waals surface area contributed by atoms with Gasteiger partial charge in [-0.3, -0.25) is 0 Å². The second-order valence-corrected chi connectivity index (χ2v) is 24.9. The number of rotatable bonds is 25. The predicted octanol–water partition coefficient (Wildman–Crippen LogP) is 18.2. The van der Waals surface area contributed by atoms with Crippen molar-refractivity contribution in [2.45, 2.75) is 140 Å². The van der Waals surface area contributed by atoms with E-state index in [1.165, 1.54) is 127 Å². The second kappa shape index (κ2) is 22.2. The molecule has 0 radical (unpaired) electrons. The number of aryl methyl sites for hydroxylation is 2. The van der Waals surface area contributed by atoms with Crippen molar-refractivity contribution in [2.24, 2.45) is 0 Å². The lowest BCUT2D eigenvalue weighted by atomic mass is 10.1. The van der Waals surface area contributed by atoms with Crippen molar-refractivity contribution in [1.82, 2.24) is 0 Å². The summed E-state index contributed by atoms with van der Waals surface area (Å²) in [6.45, 7) is 8.85. The molecule has 0 saturated carbocycles. The van der Waals surface area contributed by atoms with Crippen molar-refractivity contribution in [2.75, 3.05) is 11.5 Å². The highest BCUT2D eigenvalue weighted by atomic mass is 32.2. The third kappa shape index (κ3) is 12.3. The molecular formula is C46H58O2S8. The molecule has 0 spiro atoms. The van der Waals surface area contributed by atoms with Crippen molar-refractivity contribution in [3.8, 4) is 48.8 Å². The molecule has 10 heteroatoms. The number of hydrogen-bond acceptors (Lipinski definition) is 9. The van der Waals surface area contributed by atoms with Crippen LogP contribution in [0.4, 0.5) is 0 Å². The summed E-state index contributed by atoms with van der Waals surface area (Å²) in [6, 6.07) is 22.1. The van der Waals surface area contributed by atoms with Gasteiger partial charge in [-0.15, -0.1) is 79.8 Å². The lowest BCUT2D eigenvalue weighted by Gasteiger charge is -2.05. The quantitative estimate of drug-likeness (QED) is 0.0424. The van der Waals surface area contributed by atoms with Crippen LogP contribution >= 0.6 is 79.8 Å². The molecule has 0 saturated heterocycles. The highest BCUT2D eigenvalue weighted by Crippen LogP contribution is 2.52. The van der Waals surface area contributed by atoms with Gasteiger partial charge in [-0.25, -0.2) is 8.42 Å². The van der Waals surface area contributed by atoms with E-state index < -0.39 is 9.84 Å². The smallest absolute Gasteiger partial charge is 0.179 e. The molecule has 6 aromatic rings. The predicted molar refractivity (Wildman–Crippen MR) is 258 cm³/mol. The zero-order chi connectivity index (χ0) is 39.3. The van der Waals surface area contributed by atoms with Gasteiger partial charge in [-0.05, 0) is 93.1 Å². The molecule has 6 heterocycles. The molecule has 0 unspecified atom stereocenters. The van der Waals surface area contributed by atoms with Gasteiger partial charge in [0.15, 0.2) is 9.84 Å². The minimum atomic E-state index is -3.48. The molecule has 0 bridgehead atoms. The first-order valence-corrected chi connectivity index (χ1v) is 28.3. The van der Waals surface area contributed by atoms with Gasteiger partial charge in [0.05, 0.1) is 20.4 Å². The molecule has 0 aliphatic heterocycles. The van der Waals surface area contributed by atoms with Gasteiger partial charge in [0.2, 0.25) is 0 Å². The number of sulfone groups is 1. The normalized spacial score (nSPS) is 12.0. The Labute approximate surface area is 365 Å². The van der Waals surface area contributed by atoms with Gasteiger partial charge in [-0.2, -0.15) is 0 Å². The molecule has 0 amide bonds. The molecule has 0 aliphatic carbocycles. The molecule has 0 N–H and O–H groups in total. The van der Waals surface area contributed by atoms with E-state index in [4.69, 9.17) is 0 Å². The van der Waals surface area contributed by atoms with Crippen LogP contribution in [0, 0.1) is 13.8 Å². The Bertz CT molecular complexity index is 2180. The lowest BCUT2D eigenvalue weighted by molar-refractivity contribution is 0.573. The third-order valence-electron chi connectivity index (χ3n) is 10.1. The highest BCUT2D eigenvalue weighted by Gasteiger charge is 2.27. The van der Waals surface area contributed by atoms with E-state index in [1.807, 2.05) is 51.8 Å². The fourth-order valence-corrected chi connectivity index (χ4v) is 16.9. The Balaban J connectivity index is 1.29. The molecule has 6 aromatic heterocycles. The van der Waals surface area contributed by atoms with E-state index in [0.717, 1.165) is 44.5 Å². The Kier molecular flexibility index (Phi) is 17.5. The first-order chi connectivity index (χ1) is 27.3. The summed E-state index contributed by atoms with van der Waals surface area (Å²) in [6.07, 6.45) is 19.6. The number of unbranched alkanes of at least 4 members (excludes halogenated alkanes) is 14. The van der Waals surface area contributed by atoms with Crippen LogP contribution in [0.25, 0.3) is 48.8 Å². The van der Waals surface area contributed by atoms with Crippen LogP contribution in [0.3, 0.4) is 0 Å². The van der Waals surface area contributed by atoms with E-state index in [-0.39, 0.29) is 5.75 Å². The third-order valence-corrected chi connectivity index (χ3v) is 20.7. The van der Waals surface area contributed by atoms with Gasteiger partial charge in [0.25, 0.3) is 0 Å². The molecule has 0 aliphatic rings. The fraction of sp³-hybridized carbons (Fsp3) is 0.478. The summed E-state index contributed by atoms with van der Waals surface area (Å²) >= 11 is 12.7. The minimum Gasteiger partial charge on any atom is -0.224 e. The average molecular weight is 900 g/mol. The molecular weight excluding hydrogens is 841 g/mol. The Morgan fingerprint density at radius 2 is 0.893 bits per heavy atom. The summed E-state index contributed by atoms with van der Waals surface area (Å²) in [7, 11) is -3.48. The zero-order valence-electron chi connectivity index (χ0n) is 33.6. The standard InChI is InChI=1S/C46H58O2S8/c1-5-7-9-11-13-15-17-19-29-49-42-31-43(55-45(42)40-28-27-38(53-40)36-24-22-34(4)51-36)46-44(56(47,48)30-20-18-16-14-12-10-8-6-2)32-41(54-46)39-26-25-37(52-39)35-23-21-33(3)50-35/h21-28,31-32H,5-20,29-30H2,1-4H3.